The smallest absolute Gasteiger partial charge is 0.172 e. The summed E-state index contributed by atoms with van der Waals surface area (Å²) in [7, 11) is 0. The van der Waals surface area contributed by atoms with Crippen molar-refractivity contribution in [1.29, 1.82) is 0 Å². The normalized spacial score (nSPS) is 17.4. The van der Waals surface area contributed by atoms with Crippen molar-refractivity contribution >= 4 is 6.08 Å². The summed E-state index contributed by atoms with van der Waals surface area (Å²) < 4.78 is 0. The SMILES string of the molecule is CCc1cccc2c1C(C=Cc1ccccc1)OO2. The molecule has 2 aromatic carbocycles. The molecular formula is C17H16O2. The summed E-state index contributed by atoms with van der Waals surface area (Å²) in [6, 6.07) is 16.3. The van der Waals surface area contributed by atoms with E-state index in [1.54, 1.807) is 0 Å². The molecule has 0 aromatic heterocycles. The van der Waals surface area contributed by atoms with Crippen LogP contribution in [0.5, 0.6) is 5.75 Å². The van der Waals surface area contributed by atoms with Gasteiger partial charge in [-0.15, -0.1) is 0 Å². The van der Waals surface area contributed by atoms with E-state index in [9.17, 15) is 0 Å². The first kappa shape index (κ1) is 12.0. The first-order valence-electron chi connectivity index (χ1n) is 6.57. The molecule has 19 heavy (non-hydrogen) atoms. The first-order chi connectivity index (χ1) is 9.38. The highest BCUT2D eigenvalue weighted by atomic mass is 17.2. The van der Waals surface area contributed by atoms with Crippen molar-refractivity contribution in [2.75, 3.05) is 0 Å². The molecule has 0 saturated carbocycles. The fourth-order valence-corrected chi connectivity index (χ4v) is 2.34. The highest BCUT2D eigenvalue weighted by Gasteiger charge is 2.26. The number of hydrogen-bond acceptors (Lipinski definition) is 2. The number of fused-ring (bicyclic) bond motifs is 1. The van der Waals surface area contributed by atoms with E-state index in [-0.39, 0.29) is 6.10 Å². The van der Waals surface area contributed by atoms with E-state index in [2.05, 4.69) is 31.2 Å². The number of rotatable bonds is 3. The molecule has 1 heterocycles. The Morgan fingerprint density at radius 1 is 1.05 bits per heavy atom. The molecule has 0 aliphatic carbocycles. The van der Waals surface area contributed by atoms with Gasteiger partial charge in [-0.25, -0.2) is 0 Å². The third-order valence-electron chi connectivity index (χ3n) is 3.33. The van der Waals surface area contributed by atoms with Gasteiger partial charge in [0.2, 0.25) is 0 Å². The van der Waals surface area contributed by atoms with Crippen LogP contribution in [0.15, 0.2) is 54.6 Å². The summed E-state index contributed by atoms with van der Waals surface area (Å²) in [5.41, 5.74) is 3.59. The van der Waals surface area contributed by atoms with Gasteiger partial charge in [-0.3, -0.25) is 0 Å². The van der Waals surface area contributed by atoms with E-state index < -0.39 is 0 Å². The molecule has 2 nitrogen and oxygen atoms in total. The average Bonchev–Trinajstić information content (AvgIpc) is 2.89. The van der Waals surface area contributed by atoms with E-state index in [4.69, 9.17) is 9.78 Å². The quantitative estimate of drug-likeness (QED) is 0.757. The van der Waals surface area contributed by atoms with E-state index in [0.717, 1.165) is 23.3 Å². The molecule has 2 heteroatoms. The molecule has 0 radical (unpaired) electrons. The summed E-state index contributed by atoms with van der Waals surface area (Å²) in [5, 5.41) is 0. The van der Waals surface area contributed by atoms with Crippen molar-refractivity contribution in [2.45, 2.75) is 19.4 Å². The van der Waals surface area contributed by atoms with E-state index in [0.29, 0.717) is 0 Å². The zero-order valence-electron chi connectivity index (χ0n) is 10.9. The number of aryl methyl sites for hydroxylation is 1. The molecule has 0 fully saturated rings. The summed E-state index contributed by atoms with van der Waals surface area (Å²) in [6.45, 7) is 2.14. The van der Waals surface area contributed by atoms with Gasteiger partial charge in [-0.1, -0.05) is 55.5 Å². The molecule has 1 atom stereocenters. The Morgan fingerprint density at radius 3 is 2.68 bits per heavy atom. The molecule has 2 aromatic rings. The zero-order valence-corrected chi connectivity index (χ0v) is 10.9. The lowest BCUT2D eigenvalue weighted by atomic mass is 9.99. The van der Waals surface area contributed by atoms with Gasteiger partial charge in [0.25, 0.3) is 0 Å². The molecule has 1 aliphatic heterocycles. The second kappa shape index (κ2) is 5.29. The van der Waals surface area contributed by atoms with Crippen molar-refractivity contribution < 1.29 is 9.78 Å². The van der Waals surface area contributed by atoms with Gasteiger partial charge in [0.15, 0.2) is 11.9 Å². The maximum atomic E-state index is 5.40. The Bertz CT molecular complexity index is 587. The Labute approximate surface area is 113 Å². The van der Waals surface area contributed by atoms with Crippen LogP contribution in [0.1, 0.15) is 29.7 Å². The Hall–Kier alpha value is -2.06. The number of hydrogen-bond donors (Lipinski definition) is 0. The third-order valence-corrected chi connectivity index (χ3v) is 3.33. The maximum Gasteiger partial charge on any atom is 0.172 e. The van der Waals surface area contributed by atoms with E-state index >= 15 is 0 Å². The van der Waals surface area contributed by atoms with Crippen LogP contribution >= 0.6 is 0 Å². The van der Waals surface area contributed by atoms with Gasteiger partial charge in [0.1, 0.15) is 0 Å². The standard InChI is InChI=1S/C17H16O2/c1-2-14-9-6-10-15-17(14)16(19-18-15)12-11-13-7-4-3-5-8-13/h3-12,16H,2H2,1H3. The van der Waals surface area contributed by atoms with Crippen LogP contribution in [0.25, 0.3) is 6.08 Å². The molecule has 0 spiro atoms. The molecule has 96 valence electrons. The minimum Gasteiger partial charge on any atom is -0.336 e. The Kier molecular flexibility index (Phi) is 3.34. The lowest BCUT2D eigenvalue weighted by Gasteiger charge is -2.06. The maximum absolute atomic E-state index is 5.40. The predicted molar refractivity (Wildman–Crippen MR) is 75.8 cm³/mol. The molecule has 0 saturated heterocycles. The fourth-order valence-electron chi connectivity index (χ4n) is 2.34. The third kappa shape index (κ3) is 2.40. The van der Waals surface area contributed by atoms with Crippen molar-refractivity contribution in [3.05, 3.63) is 71.3 Å². The van der Waals surface area contributed by atoms with Gasteiger partial charge in [0, 0.05) is 5.56 Å². The molecule has 1 unspecified atom stereocenters. The lowest BCUT2D eigenvalue weighted by Crippen LogP contribution is -1.96. The van der Waals surface area contributed by atoms with E-state index in [1.807, 2.05) is 36.4 Å². The van der Waals surface area contributed by atoms with Crippen LogP contribution < -0.4 is 4.89 Å². The van der Waals surface area contributed by atoms with Gasteiger partial charge < -0.3 is 4.89 Å². The lowest BCUT2D eigenvalue weighted by molar-refractivity contribution is -0.210. The van der Waals surface area contributed by atoms with Crippen LogP contribution in [-0.4, -0.2) is 0 Å². The highest BCUT2D eigenvalue weighted by Crippen LogP contribution is 2.38. The molecule has 1 aliphatic rings. The van der Waals surface area contributed by atoms with Crippen molar-refractivity contribution in [3.63, 3.8) is 0 Å². The Morgan fingerprint density at radius 2 is 1.89 bits per heavy atom. The summed E-state index contributed by atoms with van der Waals surface area (Å²) >= 11 is 0. The number of benzene rings is 2. The van der Waals surface area contributed by atoms with Crippen LogP contribution in [-0.2, 0) is 11.3 Å². The van der Waals surface area contributed by atoms with Gasteiger partial charge in [-0.05, 0) is 29.7 Å². The van der Waals surface area contributed by atoms with Gasteiger partial charge in [-0.2, -0.15) is 4.89 Å². The van der Waals surface area contributed by atoms with Crippen molar-refractivity contribution in [2.24, 2.45) is 0 Å². The van der Waals surface area contributed by atoms with Crippen LogP contribution in [0.2, 0.25) is 0 Å². The summed E-state index contributed by atoms with van der Waals surface area (Å²) in [6.07, 6.45) is 4.97. The predicted octanol–water partition coefficient (Wildman–Crippen LogP) is 4.33. The van der Waals surface area contributed by atoms with Crippen molar-refractivity contribution in [1.82, 2.24) is 0 Å². The van der Waals surface area contributed by atoms with Crippen LogP contribution in [0, 0.1) is 0 Å². The second-order valence-electron chi connectivity index (χ2n) is 4.55. The molecule has 0 amide bonds. The molecule has 0 bridgehead atoms. The van der Waals surface area contributed by atoms with Crippen LogP contribution in [0.4, 0.5) is 0 Å². The fraction of sp³-hybridized carbons (Fsp3) is 0.176. The van der Waals surface area contributed by atoms with Crippen molar-refractivity contribution in [3.8, 4) is 5.75 Å². The highest BCUT2D eigenvalue weighted by molar-refractivity contribution is 5.53. The average molecular weight is 252 g/mol. The Balaban J connectivity index is 1.88. The molecular weight excluding hydrogens is 236 g/mol. The summed E-state index contributed by atoms with van der Waals surface area (Å²) in [4.78, 5) is 10.7. The first-order valence-corrected chi connectivity index (χ1v) is 6.57. The topological polar surface area (TPSA) is 18.5 Å². The minimum absolute atomic E-state index is 0.119. The molecule has 3 rings (SSSR count). The molecule has 0 N–H and O–H groups in total. The summed E-state index contributed by atoms with van der Waals surface area (Å²) in [5.74, 6) is 0.835. The van der Waals surface area contributed by atoms with Gasteiger partial charge in [0.05, 0.1) is 0 Å². The van der Waals surface area contributed by atoms with Gasteiger partial charge >= 0.3 is 0 Å². The minimum atomic E-state index is -0.119. The second-order valence-corrected chi connectivity index (χ2v) is 4.55. The van der Waals surface area contributed by atoms with E-state index in [1.165, 1.54) is 5.56 Å². The zero-order chi connectivity index (χ0) is 13.1. The largest absolute Gasteiger partial charge is 0.336 e. The monoisotopic (exact) mass is 252 g/mol. The van der Waals surface area contributed by atoms with Crippen LogP contribution in [0.3, 0.4) is 0 Å².